The van der Waals surface area contributed by atoms with E-state index in [-0.39, 0.29) is 5.75 Å². The zero-order valence-corrected chi connectivity index (χ0v) is 7.38. The van der Waals surface area contributed by atoms with Gasteiger partial charge < -0.3 is 9.47 Å². The Labute approximate surface area is 75.1 Å². The summed E-state index contributed by atoms with van der Waals surface area (Å²) in [6.07, 6.45) is -3.19. The van der Waals surface area contributed by atoms with E-state index in [0.29, 0.717) is 12.7 Å². The predicted molar refractivity (Wildman–Crippen MR) is 44.2 cm³/mol. The zero-order valence-electron chi connectivity index (χ0n) is 7.38. The zero-order chi connectivity index (χ0) is 9.90. The van der Waals surface area contributed by atoms with Gasteiger partial charge in [-0.2, -0.15) is 8.78 Å². The van der Waals surface area contributed by atoms with Gasteiger partial charge >= 0.3 is 6.11 Å². The van der Waals surface area contributed by atoms with Crippen LogP contribution >= 0.6 is 0 Å². The van der Waals surface area contributed by atoms with E-state index in [2.05, 4.69) is 4.74 Å². The number of rotatable bonds is 3. The summed E-state index contributed by atoms with van der Waals surface area (Å²) in [6, 6.07) is 6.26. The van der Waals surface area contributed by atoms with Crippen LogP contribution in [0.25, 0.3) is 0 Å². The second-order valence-corrected chi connectivity index (χ2v) is 2.56. The van der Waals surface area contributed by atoms with Crippen molar-refractivity contribution in [2.75, 3.05) is 7.11 Å². The molecule has 0 atom stereocenters. The summed E-state index contributed by atoms with van der Waals surface area (Å²) in [5.41, 5.74) is 0. The first-order valence-electron chi connectivity index (χ1n) is 3.73. The third-order valence-corrected chi connectivity index (χ3v) is 1.36. The Balaban J connectivity index is 2.87. The highest BCUT2D eigenvalue weighted by Crippen LogP contribution is 2.30. The molecule has 0 bridgehead atoms. The van der Waals surface area contributed by atoms with Crippen LogP contribution in [0.4, 0.5) is 8.78 Å². The van der Waals surface area contributed by atoms with Crippen LogP contribution in [0.5, 0.6) is 11.5 Å². The maximum absolute atomic E-state index is 12.4. The van der Waals surface area contributed by atoms with Crippen LogP contribution in [0, 0.1) is 0 Å². The smallest absolute Gasteiger partial charge is 0.395 e. The third kappa shape index (κ3) is 2.89. The van der Waals surface area contributed by atoms with Crippen LogP contribution in [0.2, 0.25) is 0 Å². The first-order chi connectivity index (χ1) is 6.03. The van der Waals surface area contributed by atoms with Gasteiger partial charge in [0.05, 0.1) is 7.11 Å². The number of halogens is 2. The SMILES string of the molecule is COc1ccccc1OC(C)(F)F. The van der Waals surface area contributed by atoms with Crippen LogP contribution in [0.1, 0.15) is 6.92 Å². The van der Waals surface area contributed by atoms with Gasteiger partial charge in [-0.15, -0.1) is 0 Å². The van der Waals surface area contributed by atoms with E-state index < -0.39 is 6.11 Å². The molecule has 0 aliphatic heterocycles. The first-order valence-corrected chi connectivity index (χ1v) is 3.73. The standard InChI is InChI=1S/C9H10F2O2/c1-9(10,11)13-8-6-4-3-5-7(8)12-2/h3-6H,1-2H3. The Bertz CT molecular complexity index is 281. The molecule has 0 fully saturated rings. The van der Waals surface area contributed by atoms with Crippen molar-refractivity contribution in [1.29, 1.82) is 0 Å². The molecule has 1 aromatic rings. The van der Waals surface area contributed by atoms with Crippen molar-refractivity contribution in [1.82, 2.24) is 0 Å². The lowest BCUT2D eigenvalue weighted by molar-refractivity contribution is -0.159. The molecule has 4 heteroatoms. The topological polar surface area (TPSA) is 18.5 Å². The van der Waals surface area contributed by atoms with Crippen LogP contribution in [0.3, 0.4) is 0 Å². The van der Waals surface area contributed by atoms with Crippen molar-refractivity contribution in [3.05, 3.63) is 24.3 Å². The molecule has 2 nitrogen and oxygen atoms in total. The highest BCUT2D eigenvalue weighted by atomic mass is 19.3. The van der Waals surface area contributed by atoms with Gasteiger partial charge in [-0.1, -0.05) is 12.1 Å². The van der Waals surface area contributed by atoms with Gasteiger partial charge in [-0.05, 0) is 12.1 Å². The van der Waals surface area contributed by atoms with Gasteiger partial charge in [0, 0.05) is 6.92 Å². The van der Waals surface area contributed by atoms with E-state index in [1.165, 1.54) is 13.2 Å². The molecule has 0 saturated heterocycles. The number of hydrogen-bond acceptors (Lipinski definition) is 2. The van der Waals surface area contributed by atoms with Crippen molar-refractivity contribution >= 4 is 0 Å². The summed E-state index contributed by atoms with van der Waals surface area (Å²) >= 11 is 0. The molecule has 0 saturated carbocycles. The second kappa shape index (κ2) is 3.60. The minimum absolute atomic E-state index is 0.0394. The largest absolute Gasteiger partial charge is 0.493 e. The quantitative estimate of drug-likeness (QED) is 0.726. The summed E-state index contributed by atoms with van der Waals surface area (Å²) in [5, 5.41) is 0. The van der Waals surface area contributed by atoms with Crippen LogP contribution in [-0.2, 0) is 0 Å². The lowest BCUT2D eigenvalue weighted by atomic mass is 10.3. The number of benzene rings is 1. The van der Waals surface area contributed by atoms with Gasteiger partial charge in [-0.3, -0.25) is 0 Å². The molecule has 1 rings (SSSR count). The number of hydrogen-bond donors (Lipinski definition) is 0. The van der Waals surface area contributed by atoms with Crippen molar-refractivity contribution < 1.29 is 18.3 Å². The van der Waals surface area contributed by atoms with E-state index in [0.717, 1.165) is 0 Å². The van der Waals surface area contributed by atoms with Gasteiger partial charge in [-0.25, -0.2) is 0 Å². The van der Waals surface area contributed by atoms with Crippen LogP contribution in [-0.4, -0.2) is 13.2 Å². The summed E-state index contributed by atoms with van der Waals surface area (Å²) in [5.74, 6) is 0.335. The molecule has 72 valence electrons. The Kier molecular flexibility index (Phi) is 2.70. The van der Waals surface area contributed by atoms with E-state index in [4.69, 9.17) is 4.74 Å². The lowest BCUT2D eigenvalue weighted by Gasteiger charge is -2.14. The molecule has 0 amide bonds. The lowest BCUT2D eigenvalue weighted by Crippen LogP contribution is -2.19. The maximum Gasteiger partial charge on any atom is 0.395 e. The van der Waals surface area contributed by atoms with E-state index in [1.54, 1.807) is 18.2 Å². The minimum atomic E-state index is -3.19. The normalized spacial score (nSPS) is 11.1. The monoisotopic (exact) mass is 188 g/mol. The highest BCUT2D eigenvalue weighted by molar-refractivity contribution is 5.39. The summed E-state index contributed by atoms with van der Waals surface area (Å²) in [6.45, 7) is 0.680. The van der Waals surface area contributed by atoms with Crippen molar-refractivity contribution in [3.63, 3.8) is 0 Å². The number of alkyl halides is 2. The molecular weight excluding hydrogens is 178 g/mol. The summed E-state index contributed by atoms with van der Waals surface area (Å²) in [4.78, 5) is 0. The van der Waals surface area contributed by atoms with Crippen molar-refractivity contribution in [2.45, 2.75) is 13.0 Å². The molecule has 0 radical (unpaired) electrons. The fraction of sp³-hybridized carbons (Fsp3) is 0.333. The second-order valence-electron chi connectivity index (χ2n) is 2.56. The van der Waals surface area contributed by atoms with Crippen LogP contribution in [0.15, 0.2) is 24.3 Å². The summed E-state index contributed by atoms with van der Waals surface area (Å²) in [7, 11) is 1.40. The van der Waals surface area contributed by atoms with Crippen LogP contribution < -0.4 is 9.47 Å². The molecule has 0 aliphatic carbocycles. The Morgan fingerprint density at radius 3 is 2.15 bits per heavy atom. The van der Waals surface area contributed by atoms with E-state index in [1.807, 2.05) is 0 Å². The Hall–Kier alpha value is -1.32. The molecule has 1 aromatic carbocycles. The molecule has 0 N–H and O–H groups in total. The third-order valence-electron chi connectivity index (χ3n) is 1.36. The molecule has 0 unspecified atom stereocenters. The highest BCUT2D eigenvalue weighted by Gasteiger charge is 2.24. The molecule has 13 heavy (non-hydrogen) atoms. The summed E-state index contributed by atoms with van der Waals surface area (Å²) < 4.78 is 34.1. The molecule has 0 spiro atoms. The fourth-order valence-electron chi connectivity index (χ4n) is 0.896. The number of para-hydroxylation sites is 2. The van der Waals surface area contributed by atoms with Gasteiger partial charge in [0.15, 0.2) is 11.5 Å². The average molecular weight is 188 g/mol. The number of methoxy groups -OCH3 is 1. The predicted octanol–water partition coefficient (Wildman–Crippen LogP) is 2.69. The molecule has 0 heterocycles. The van der Waals surface area contributed by atoms with Crippen molar-refractivity contribution in [3.8, 4) is 11.5 Å². The Morgan fingerprint density at radius 2 is 1.69 bits per heavy atom. The van der Waals surface area contributed by atoms with E-state index >= 15 is 0 Å². The minimum Gasteiger partial charge on any atom is -0.493 e. The average Bonchev–Trinajstić information content (AvgIpc) is 2.02. The molecule has 0 aliphatic rings. The van der Waals surface area contributed by atoms with Gasteiger partial charge in [0.1, 0.15) is 0 Å². The molecule has 0 aromatic heterocycles. The number of ether oxygens (including phenoxy) is 2. The maximum atomic E-state index is 12.4. The van der Waals surface area contributed by atoms with Gasteiger partial charge in [0.2, 0.25) is 0 Å². The van der Waals surface area contributed by atoms with Gasteiger partial charge in [0.25, 0.3) is 0 Å². The molecular formula is C9H10F2O2. The Morgan fingerprint density at radius 1 is 1.15 bits per heavy atom. The van der Waals surface area contributed by atoms with E-state index in [9.17, 15) is 8.78 Å². The van der Waals surface area contributed by atoms with Crippen molar-refractivity contribution in [2.24, 2.45) is 0 Å². The fourth-order valence-corrected chi connectivity index (χ4v) is 0.896. The first kappa shape index (κ1) is 9.77.